The molecular weight excluding hydrogens is 450 g/mol. The molecule has 1 aliphatic rings. The zero-order chi connectivity index (χ0) is 22.5. The first-order valence-electron chi connectivity index (χ1n) is 11.5. The first kappa shape index (κ1) is 22.2. The maximum atomic E-state index is 6.15. The summed E-state index contributed by atoms with van der Waals surface area (Å²) in [5, 5.41) is 2.00. The molecule has 2 N–H and O–H groups in total. The first-order valence-corrected chi connectivity index (χ1v) is 12.7. The Hall–Kier alpha value is -2.60. The number of hydrogen-bond acceptors (Lipinski definition) is 4. The number of fused-ring (bicyclic) bond motifs is 1. The number of aromatic amines is 1. The van der Waals surface area contributed by atoms with E-state index in [-0.39, 0.29) is 0 Å². The van der Waals surface area contributed by atoms with Crippen molar-refractivity contribution in [3.63, 3.8) is 0 Å². The van der Waals surface area contributed by atoms with Crippen LogP contribution in [-0.2, 0) is 6.42 Å². The van der Waals surface area contributed by atoms with E-state index in [4.69, 9.17) is 16.3 Å². The lowest BCUT2D eigenvalue weighted by molar-refractivity contribution is 0.482. The Morgan fingerprint density at radius 3 is 2.67 bits per heavy atom. The summed E-state index contributed by atoms with van der Waals surface area (Å²) in [6.45, 7) is 3.20. The van der Waals surface area contributed by atoms with Crippen molar-refractivity contribution in [3.8, 4) is 11.5 Å². The molecule has 4 nitrogen and oxygen atoms in total. The summed E-state index contributed by atoms with van der Waals surface area (Å²) in [6, 6.07) is 22.6. The zero-order valence-electron chi connectivity index (χ0n) is 18.5. The van der Waals surface area contributed by atoms with Crippen molar-refractivity contribution in [3.05, 3.63) is 83.5 Å². The van der Waals surface area contributed by atoms with Gasteiger partial charge >= 0.3 is 0 Å². The fourth-order valence-corrected chi connectivity index (χ4v) is 5.13. The molecule has 0 bridgehead atoms. The number of rotatable bonds is 9. The van der Waals surface area contributed by atoms with E-state index >= 15 is 0 Å². The highest BCUT2D eigenvalue weighted by atomic mass is 35.5. The number of nitrogens with one attached hydrogen (secondary N) is 2. The normalized spacial score (nSPS) is 13.7. The molecule has 0 atom stereocenters. The maximum absolute atomic E-state index is 6.15. The van der Waals surface area contributed by atoms with Crippen LogP contribution in [0.1, 0.15) is 24.8 Å². The van der Waals surface area contributed by atoms with Gasteiger partial charge in [0.25, 0.3) is 0 Å². The second kappa shape index (κ2) is 10.6. The molecule has 0 radical (unpaired) electrons. The number of aromatic nitrogens is 1. The van der Waals surface area contributed by atoms with Crippen LogP contribution >= 0.6 is 23.5 Å². The summed E-state index contributed by atoms with van der Waals surface area (Å²) in [6.07, 6.45) is 6.71. The van der Waals surface area contributed by atoms with Gasteiger partial charge in [-0.25, -0.2) is 0 Å². The monoisotopic (exact) mass is 477 g/mol. The van der Waals surface area contributed by atoms with Crippen molar-refractivity contribution in [2.45, 2.75) is 30.6 Å². The van der Waals surface area contributed by atoms with Crippen LogP contribution < -0.4 is 14.4 Å². The molecule has 1 aliphatic heterocycles. The molecule has 1 aromatic heterocycles. The molecular formula is C27H28ClN3OS. The van der Waals surface area contributed by atoms with Crippen LogP contribution in [0.4, 0.5) is 5.69 Å². The fourth-order valence-electron chi connectivity index (χ4n) is 4.27. The highest BCUT2D eigenvalue weighted by Gasteiger charge is 2.12. The predicted molar refractivity (Wildman–Crippen MR) is 140 cm³/mol. The van der Waals surface area contributed by atoms with Crippen LogP contribution in [0.5, 0.6) is 11.5 Å². The molecule has 0 unspecified atom stereocenters. The van der Waals surface area contributed by atoms with Gasteiger partial charge in [0, 0.05) is 58.4 Å². The van der Waals surface area contributed by atoms with Gasteiger partial charge in [-0.15, -0.1) is 0 Å². The Balaban J connectivity index is 1.08. The summed E-state index contributed by atoms with van der Waals surface area (Å²) >= 11 is 7.81. The van der Waals surface area contributed by atoms with Gasteiger partial charge in [-0.1, -0.05) is 17.7 Å². The van der Waals surface area contributed by atoms with Crippen molar-refractivity contribution in [2.75, 3.05) is 24.5 Å². The Morgan fingerprint density at radius 2 is 1.82 bits per heavy atom. The van der Waals surface area contributed by atoms with E-state index in [9.17, 15) is 0 Å². The lowest BCUT2D eigenvalue weighted by Crippen LogP contribution is -2.17. The van der Waals surface area contributed by atoms with Crippen molar-refractivity contribution >= 4 is 40.1 Å². The minimum absolute atomic E-state index is 0.781. The fraction of sp³-hybridized carbons (Fsp3) is 0.259. The number of nitrogens with zero attached hydrogens (tertiary/aromatic N) is 1. The molecule has 0 spiro atoms. The summed E-state index contributed by atoms with van der Waals surface area (Å²) in [5.74, 6) is 1.74. The van der Waals surface area contributed by atoms with Gasteiger partial charge in [-0.05, 0) is 97.8 Å². The minimum Gasteiger partial charge on any atom is -0.457 e. The Bertz CT molecular complexity index is 1200. The van der Waals surface area contributed by atoms with Gasteiger partial charge < -0.3 is 14.6 Å². The highest BCUT2D eigenvalue weighted by molar-refractivity contribution is 7.97. The third-order valence-corrected chi connectivity index (χ3v) is 7.08. The van der Waals surface area contributed by atoms with E-state index in [0.29, 0.717) is 0 Å². The van der Waals surface area contributed by atoms with Crippen LogP contribution in [-0.4, -0.2) is 24.6 Å². The second-order valence-electron chi connectivity index (χ2n) is 8.37. The third kappa shape index (κ3) is 5.67. The van der Waals surface area contributed by atoms with Gasteiger partial charge in [0.15, 0.2) is 0 Å². The number of benzene rings is 3. The molecule has 33 heavy (non-hydrogen) atoms. The SMILES string of the molecule is Clc1ccc2[nH]cc(CCCNSc3ccc(Oc4cccc(N5CCCC5)c4)cc3)c2c1. The standard InChI is InChI=1S/C27H28ClN3OS/c28-21-8-13-27-26(17-21)20(19-29-27)5-4-14-30-33-25-11-9-23(10-12-25)32-24-7-3-6-22(18-24)31-15-1-2-16-31/h3,6-13,17-19,29-30H,1-2,4-5,14-16H2. The molecule has 0 aliphatic carbocycles. The summed E-state index contributed by atoms with van der Waals surface area (Å²) in [7, 11) is 0. The quantitative estimate of drug-likeness (QED) is 0.194. The van der Waals surface area contributed by atoms with Crippen molar-refractivity contribution < 1.29 is 4.74 Å². The van der Waals surface area contributed by atoms with Gasteiger partial charge in [0.05, 0.1) is 0 Å². The molecule has 3 aromatic carbocycles. The van der Waals surface area contributed by atoms with Crippen molar-refractivity contribution in [1.29, 1.82) is 0 Å². The molecule has 1 saturated heterocycles. The number of hydrogen-bond donors (Lipinski definition) is 2. The summed E-state index contributed by atoms with van der Waals surface area (Å²) in [4.78, 5) is 6.92. The van der Waals surface area contributed by atoms with Crippen LogP contribution in [0.25, 0.3) is 10.9 Å². The number of H-pyrrole nitrogens is 1. The topological polar surface area (TPSA) is 40.3 Å². The summed E-state index contributed by atoms with van der Waals surface area (Å²) in [5.41, 5.74) is 3.70. The molecule has 0 amide bonds. The second-order valence-corrected chi connectivity index (χ2v) is 9.77. The van der Waals surface area contributed by atoms with Crippen molar-refractivity contribution in [1.82, 2.24) is 9.71 Å². The molecule has 2 heterocycles. The van der Waals surface area contributed by atoms with Gasteiger partial charge in [0.1, 0.15) is 11.5 Å². The number of ether oxygens (including phenoxy) is 1. The lowest BCUT2D eigenvalue weighted by atomic mass is 10.1. The number of aryl methyl sites for hydroxylation is 1. The number of anilines is 1. The molecule has 170 valence electrons. The van der Waals surface area contributed by atoms with Crippen LogP contribution in [0.3, 0.4) is 0 Å². The van der Waals surface area contributed by atoms with E-state index in [1.54, 1.807) is 11.9 Å². The largest absolute Gasteiger partial charge is 0.457 e. The average molecular weight is 478 g/mol. The number of halogens is 1. The molecule has 4 aromatic rings. The lowest BCUT2D eigenvalue weighted by Gasteiger charge is -2.18. The molecule has 5 rings (SSSR count). The van der Waals surface area contributed by atoms with Gasteiger partial charge in [-0.2, -0.15) is 0 Å². The van der Waals surface area contributed by atoms with Gasteiger partial charge in [-0.3, -0.25) is 4.72 Å². The highest BCUT2D eigenvalue weighted by Crippen LogP contribution is 2.29. The Morgan fingerprint density at radius 1 is 0.970 bits per heavy atom. The Labute approximate surface area is 204 Å². The van der Waals surface area contributed by atoms with E-state index in [1.807, 2.05) is 36.4 Å². The predicted octanol–water partition coefficient (Wildman–Crippen LogP) is 7.44. The third-order valence-electron chi connectivity index (χ3n) is 5.99. The molecule has 6 heteroatoms. The van der Waals surface area contributed by atoms with E-state index in [0.717, 1.165) is 54.5 Å². The van der Waals surface area contributed by atoms with Gasteiger partial charge in [0.2, 0.25) is 0 Å². The van der Waals surface area contributed by atoms with Crippen molar-refractivity contribution in [2.24, 2.45) is 0 Å². The van der Waals surface area contributed by atoms with E-state index in [1.165, 1.54) is 34.4 Å². The molecule has 0 saturated carbocycles. The smallest absolute Gasteiger partial charge is 0.129 e. The van der Waals surface area contributed by atoms with Crippen LogP contribution in [0.15, 0.2) is 77.8 Å². The van der Waals surface area contributed by atoms with E-state index < -0.39 is 0 Å². The Kier molecular flexibility index (Phi) is 7.10. The minimum atomic E-state index is 0.781. The average Bonchev–Trinajstić information content (AvgIpc) is 3.51. The first-order chi connectivity index (χ1) is 16.2. The van der Waals surface area contributed by atoms with Crippen LogP contribution in [0, 0.1) is 0 Å². The summed E-state index contributed by atoms with van der Waals surface area (Å²) < 4.78 is 9.56. The maximum Gasteiger partial charge on any atom is 0.129 e. The van der Waals surface area contributed by atoms with E-state index in [2.05, 4.69) is 51.1 Å². The zero-order valence-corrected chi connectivity index (χ0v) is 20.1. The van der Waals surface area contributed by atoms with Crippen LogP contribution in [0.2, 0.25) is 5.02 Å². The molecule has 1 fully saturated rings.